The van der Waals surface area contributed by atoms with Crippen LogP contribution in [0.15, 0.2) is 34.3 Å². The van der Waals surface area contributed by atoms with E-state index in [2.05, 4.69) is 16.0 Å². The Balaban J connectivity index is 2.21. The summed E-state index contributed by atoms with van der Waals surface area (Å²) in [7, 11) is -2.11. The first-order valence-electron chi connectivity index (χ1n) is 7.39. The summed E-state index contributed by atoms with van der Waals surface area (Å²) in [5.74, 6) is 2.02. The number of aryl methyl sites for hydroxylation is 2. The van der Waals surface area contributed by atoms with Crippen LogP contribution < -0.4 is 9.94 Å². The Labute approximate surface area is 153 Å². The molecule has 2 N–H and O–H groups in total. The summed E-state index contributed by atoms with van der Waals surface area (Å²) < 4.78 is 26.9. The van der Waals surface area contributed by atoms with Crippen molar-refractivity contribution in [1.29, 1.82) is 0 Å². The lowest BCUT2D eigenvalue weighted by Gasteiger charge is -2.01. The van der Waals surface area contributed by atoms with E-state index >= 15 is 0 Å². The molecule has 0 spiro atoms. The zero-order chi connectivity index (χ0) is 19.1. The molecule has 10 heteroatoms. The molecule has 3 aromatic rings. The molecule has 0 unspecified atom stereocenters. The highest BCUT2D eigenvalue weighted by atomic mass is 32.2. The fourth-order valence-corrected chi connectivity index (χ4v) is 4.20. The van der Waals surface area contributed by atoms with Gasteiger partial charge in [0.1, 0.15) is 0 Å². The van der Waals surface area contributed by atoms with E-state index < -0.39 is 15.9 Å². The van der Waals surface area contributed by atoms with Gasteiger partial charge in [-0.1, -0.05) is 17.3 Å². The predicted molar refractivity (Wildman–Crippen MR) is 97.9 cm³/mol. The molecule has 0 atom stereocenters. The number of hydrogen-bond donors (Lipinski definition) is 1. The van der Waals surface area contributed by atoms with E-state index in [1.54, 1.807) is 30.8 Å². The average molecular weight is 389 g/mol. The van der Waals surface area contributed by atoms with Gasteiger partial charge in [-0.3, -0.25) is 9.48 Å². The van der Waals surface area contributed by atoms with Crippen LogP contribution in [0.4, 0.5) is 0 Å². The number of hydrogen-bond acceptors (Lipinski definition) is 5. The van der Waals surface area contributed by atoms with Crippen LogP contribution in [0.25, 0.3) is 10.2 Å². The minimum atomic E-state index is -3.83. The summed E-state index contributed by atoms with van der Waals surface area (Å²) in [6, 6.07) is 4.43. The standard InChI is InChI=1S/C16H15N5O3S2/c1-4-7-21-12-6-5-11(26(17,23)24)8-13(12)25-16(21)18-15(22)14-10(2)9-20(3)19-14/h1,5-6,8-9H,7H2,2-3H3,(H2,17,23,24). The maximum atomic E-state index is 12.5. The van der Waals surface area contributed by atoms with Crippen molar-refractivity contribution in [2.24, 2.45) is 17.2 Å². The van der Waals surface area contributed by atoms with E-state index in [0.29, 0.717) is 20.6 Å². The molecule has 1 amide bonds. The molecule has 0 aliphatic carbocycles. The third-order valence-electron chi connectivity index (χ3n) is 3.64. The van der Waals surface area contributed by atoms with Gasteiger partial charge in [-0.2, -0.15) is 10.1 Å². The Hall–Kier alpha value is -2.74. The van der Waals surface area contributed by atoms with Gasteiger partial charge in [-0.25, -0.2) is 13.6 Å². The van der Waals surface area contributed by atoms with Crippen LogP contribution in [0.3, 0.4) is 0 Å². The molecule has 0 aliphatic rings. The first-order chi connectivity index (χ1) is 12.2. The number of primary sulfonamides is 1. The number of nitrogens with zero attached hydrogens (tertiary/aromatic N) is 4. The second-order valence-corrected chi connectivity index (χ2v) is 8.17. The first-order valence-corrected chi connectivity index (χ1v) is 9.76. The highest BCUT2D eigenvalue weighted by Crippen LogP contribution is 2.21. The number of carbonyl (C=O) groups is 1. The Morgan fingerprint density at radius 2 is 2.19 bits per heavy atom. The SMILES string of the molecule is C#CCn1c(=NC(=O)c2nn(C)cc2C)sc2cc(S(N)(=O)=O)ccc21. The molecule has 0 radical (unpaired) electrons. The van der Waals surface area contributed by atoms with Crippen LogP contribution in [0.1, 0.15) is 16.1 Å². The number of amides is 1. The van der Waals surface area contributed by atoms with Crippen molar-refractivity contribution in [3.8, 4) is 12.3 Å². The average Bonchev–Trinajstić information content (AvgIpc) is 3.06. The Bertz CT molecular complexity index is 1240. The summed E-state index contributed by atoms with van der Waals surface area (Å²) in [5.41, 5.74) is 1.63. The number of rotatable bonds is 3. The van der Waals surface area contributed by atoms with Gasteiger partial charge in [0.2, 0.25) is 10.0 Å². The van der Waals surface area contributed by atoms with Crippen molar-refractivity contribution in [3.05, 3.63) is 40.5 Å². The third kappa shape index (κ3) is 3.32. The second kappa shape index (κ2) is 6.53. The fourth-order valence-electron chi connectivity index (χ4n) is 2.52. The maximum Gasteiger partial charge on any atom is 0.300 e. The highest BCUT2D eigenvalue weighted by Gasteiger charge is 2.15. The van der Waals surface area contributed by atoms with Crippen molar-refractivity contribution < 1.29 is 13.2 Å². The number of benzene rings is 1. The number of sulfonamides is 1. The van der Waals surface area contributed by atoms with Gasteiger partial charge in [0.05, 0.1) is 21.7 Å². The van der Waals surface area contributed by atoms with Gasteiger partial charge in [0.15, 0.2) is 10.5 Å². The smallest absolute Gasteiger partial charge is 0.300 e. The molecular formula is C16H15N5O3S2. The molecule has 2 heterocycles. The summed E-state index contributed by atoms with van der Waals surface area (Å²) >= 11 is 1.16. The van der Waals surface area contributed by atoms with E-state index in [0.717, 1.165) is 11.3 Å². The van der Waals surface area contributed by atoms with Crippen LogP contribution in [0, 0.1) is 19.3 Å². The molecule has 0 saturated carbocycles. The van der Waals surface area contributed by atoms with Crippen LogP contribution in [-0.2, 0) is 23.6 Å². The molecular weight excluding hydrogens is 374 g/mol. The number of terminal acetylenes is 1. The Morgan fingerprint density at radius 1 is 1.46 bits per heavy atom. The Kier molecular flexibility index (Phi) is 4.53. The molecule has 1 aromatic carbocycles. The highest BCUT2D eigenvalue weighted by molar-refractivity contribution is 7.89. The molecule has 0 fully saturated rings. The molecule has 26 heavy (non-hydrogen) atoms. The minimum absolute atomic E-state index is 0.0162. The van der Waals surface area contributed by atoms with E-state index in [1.807, 2.05) is 0 Å². The van der Waals surface area contributed by atoms with Gasteiger partial charge in [0, 0.05) is 18.8 Å². The molecule has 3 rings (SSSR count). The van der Waals surface area contributed by atoms with Gasteiger partial charge in [-0.15, -0.1) is 6.42 Å². The van der Waals surface area contributed by atoms with Crippen LogP contribution in [-0.4, -0.2) is 28.7 Å². The summed E-state index contributed by atoms with van der Waals surface area (Å²) in [4.78, 5) is 17.0. The van der Waals surface area contributed by atoms with Crippen LogP contribution in [0.5, 0.6) is 0 Å². The molecule has 0 saturated heterocycles. The van der Waals surface area contributed by atoms with Crippen LogP contribution in [0.2, 0.25) is 0 Å². The Morgan fingerprint density at radius 3 is 2.77 bits per heavy atom. The van der Waals surface area contributed by atoms with Gasteiger partial charge in [0.25, 0.3) is 5.91 Å². The van der Waals surface area contributed by atoms with E-state index in [1.165, 1.54) is 16.8 Å². The van der Waals surface area contributed by atoms with Gasteiger partial charge < -0.3 is 4.57 Å². The van der Waals surface area contributed by atoms with E-state index in [4.69, 9.17) is 11.6 Å². The zero-order valence-electron chi connectivity index (χ0n) is 14.0. The van der Waals surface area contributed by atoms with Gasteiger partial charge >= 0.3 is 0 Å². The fraction of sp³-hybridized carbons (Fsp3) is 0.188. The molecule has 0 bridgehead atoms. The topological polar surface area (TPSA) is 112 Å². The van der Waals surface area contributed by atoms with Crippen molar-refractivity contribution >= 4 is 37.5 Å². The molecule has 8 nitrogen and oxygen atoms in total. The maximum absolute atomic E-state index is 12.5. The number of carbonyl (C=O) groups excluding carboxylic acids is 1. The first kappa shape index (κ1) is 18.1. The summed E-state index contributed by atoms with van der Waals surface area (Å²) in [5, 5.41) is 9.29. The van der Waals surface area contributed by atoms with Crippen molar-refractivity contribution in [2.75, 3.05) is 0 Å². The van der Waals surface area contributed by atoms with Crippen molar-refractivity contribution in [2.45, 2.75) is 18.4 Å². The number of nitrogens with two attached hydrogens (primary N) is 1. The molecule has 2 aromatic heterocycles. The summed E-state index contributed by atoms with van der Waals surface area (Å²) in [6.07, 6.45) is 7.15. The largest absolute Gasteiger partial charge is 0.305 e. The zero-order valence-corrected chi connectivity index (χ0v) is 15.6. The van der Waals surface area contributed by atoms with Crippen molar-refractivity contribution in [1.82, 2.24) is 14.3 Å². The normalized spacial score (nSPS) is 12.5. The van der Waals surface area contributed by atoms with E-state index in [9.17, 15) is 13.2 Å². The lowest BCUT2D eigenvalue weighted by atomic mass is 10.3. The number of fused-ring (bicyclic) bond motifs is 1. The third-order valence-corrected chi connectivity index (χ3v) is 5.60. The number of thiazole rings is 1. The minimum Gasteiger partial charge on any atom is -0.305 e. The number of aromatic nitrogens is 3. The molecule has 134 valence electrons. The summed E-state index contributed by atoms with van der Waals surface area (Å²) in [6.45, 7) is 1.95. The van der Waals surface area contributed by atoms with Crippen LogP contribution >= 0.6 is 11.3 Å². The van der Waals surface area contributed by atoms with Crippen molar-refractivity contribution in [3.63, 3.8) is 0 Å². The second-order valence-electron chi connectivity index (χ2n) is 5.60. The lowest BCUT2D eigenvalue weighted by Crippen LogP contribution is -2.17. The van der Waals surface area contributed by atoms with E-state index in [-0.39, 0.29) is 17.1 Å². The van der Waals surface area contributed by atoms with Gasteiger partial charge in [-0.05, 0) is 25.1 Å². The molecule has 0 aliphatic heterocycles. The lowest BCUT2D eigenvalue weighted by molar-refractivity contribution is 0.0992. The monoisotopic (exact) mass is 389 g/mol. The quantitative estimate of drug-likeness (QED) is 0.667. The predicted octanol–water partition coefficient (Wildman–Crippen LogP) is 0.766.